The fourth-order valence-electron chi connectivity index (χ4n) is 3.11. The molecule has 4 nitrogen and oxygen atoms in total. The molecule has 7 heteroatoms. The molecule has 0 unspecified atom stereocenters. The van der Waals surface area contributed by atoms with E-state index in [1.807, 2.05) is 30.3 Å². The number of anilines is 1. The fraction of sp³-hybridized carbons (Fsp3) is 0.353. The van der Waals surface area contributed by atoms with E-state index in [1.54, 1.807) is 12.1 Å². The number of likely N-dealkylation sites (tertiary alicyclic amines) is 1. The third-order valence-corrected chi connectivity index (χ3v) is 4.29. The van der Waals surface area contributed by atoms with Crippen LogP contribution in [0.25, 0.3) is 10.8 Å². The second kappa shape index (κ2) is 6.32. The molecule has 2 amide bonds. The summed E-state index contributed by atoms with van der Waals surface area (Å²) < 4.78 is 38.3. The van der Waals surface area contributed by atoms with Crippen molar-refractivity contribution in [1.82, 2.24) is 4.90 Å². The van der Waals surface area contributed by atoms with E-state index in [0.717, 1.165) is 15.7 Å². The highest BCUT2D eigenvalue weighted by atomic mass is 19.4. The third kappa shape index (κ3) is 3.17. The van der Waals surface area contributed by atoms with Crippen molar-refractivity contribution in [3.05, 3.63) is 42.5 Å². The van der Waals surface area contributed by atoms with Crippen LogP contribution in [-0.4, -0.2) is 40.9 Å². The average Bonchev–Trinajstić information content (AvgIpc) is 3.03. The number of aliphatic hydroxyl groups excluding tert-OH is 1. The number of hydrogen-bond acceptors (Lipinski definition) is 2. The predicted octanol–water partition coefficient (Wildman–Crippen LogP) is 3.76. The summed E-state index contributed by atoms with van der Waals surface area (Å²) in [6, 6.07) is 10.9. The Morgan fingerprint density at radius 3 is 2.67 bits per heavy atom. The number of halogens is 3. The van der Waals surface area contributed by atoms with E-state index >= 15 is 0 Å². The van der Waals surface area contributed by atoms with Crippen molar-refractivity contribution in [2.24, 2.45) is 0 Å². The normalized spacial score (nSPS) is 19.5. The largest absolute Gasteiger partial charge is 0.416 e. The molecule has 24 heavy (non-hydrogen) atoms. The van der Waals surface area contributed by atoms with E-state index in [0.29, 0.717) is 12.1 Å². The summed E-state index contributed by atoms with van der Waals surface area (Å²) in [5, 5.41) is 13.9. The molecule has 0 spiro atoms. The zero-order valence-electron chi connectivity index (χ0n) is 12.8. The standard InChI is InChI=1S/C17H17F3N2O2/c18-17(19,20)15(23)14-9-4-10-22(14)16(24)21-13-8-3-6-11-5-1-2-7-12(11)13/h1-3,5-8,14-15,23H,4,9-10H2,(H,21,24)/t14-,15-/m1/s1. The van der Waals surface area contributed by atoms with Crippen molar-refractivity contribution in [1.29, 1.82) is 0 Å². The minimum Gasteiger partial charge on any atom is -0.382 e. The fourth-order valence-corrected chi connectivity index (χ4v) is 3.11. The topological polar surface area (TPSA) is 52.6 Å². The Hall–Kier alpha value is -2.28. The van der Waals surface area contributed by atoms with Crippen LogP contribution in [0.2, 0.25) is 0 Å². The average molecular weight is 338 g/mol. The number of amides is 2. The van der Waals surface area contributed by atoms with Gasteiger partial charge >= 0.3 is 12.2 Å². The lowest BCUT2D eigenvalue weighted by Crippen LogP contribution is -2.50. The zero-order valence-corrected chi connectivity index (χ0v) is 12.8. The van der Waals surface area contributed by atoms with E-state index < -0.39 is 24.4 Å². The van der Waals surface area contributed by atoms with Gasteiger partial charge < -0.3 is 15.3 Å². The second-order valence-corrected chi connectivity index (χ2v) is 5.85. The van der Waals surface area contributed by atoms with Gasteiger partial charge in [-0.15, -0.1) is 0 Å². The molecule has 2 N–H and O–H groups in total. The predicted molar refractivity (Wildman–Crippen MR) is 84.8 cm³/mol. The maximum atomic E-state index is 12.8. The first-order chi connectivity index (χ1) is 11.4. The molecule has 0 bridgehead atoms. The second-order valence-electron chi connectivity index (χ2n) is 5.85. The van der Waals surface area contributed by atoms with E-state index in [-0.39, 0.29) is 13.0 Å². The lowest BCUT2D eigenvalue weighted by molar-refractivity contribution is -0.216. The number of aliphatic hydroxyl groups is 1. The van der Waals surface area contributed by atoms with Crippen LogP contribution in [-0.2, 0) is 0 Å². The minimum atomic E-state index is -4.74. The smallest absolute Gasteiger partial charge is 0.382 e. The van der Waals surface area contributed by atoms with Crippen LogP contribution >= 0.6 is 0 Å². The summed E-state index contributed by atoms with van der Waals surface area (Å²) in [6.07, 6.45) is -6.71. The van der Waals surface area contributed by atoms with E-state index in [2.05, 4.69) is 5.32 Å². The van der Waals surface area contributed by atoms with Crippen LogP contribution < -0.4 is 5.32 Å². The molecule has 1 aliphatic heterocycles. The molecule has 1 saturated heterocycles. The number of nitrogens with zero attached hydrogens (tertiary/aromatic N) is 1. The maximum absolute atomic E-state index is 12.8. The molecule has 2 aromatic carbocycles. The molecule has 128 valence electrons. The van der Waals surface area contributed by atoms with E-state index in [9.17, 15) is 23.1 Å². The van der Waals surface area contributed by atoms with Crippen molar-refractivity contribution in [3.63, 3.8) is 0 Å². The number of rotatable bonds is 2. The van der Waals surface area contributed by atoms with Gasteiger partial charge in [-0.05, 0) is 24.3 Å². The molecule has 3 rings (SSSR count). The van der Waals surface area contributed by atoms with Gasteiger partial charge in [-0.25, -0.2) is 4.79 Å². The van der Waals surface area contributed by atoms with Crippen LogP contribution in [0.15, 0.2) is 42.5 Å². The van der Waals surface area contributed by atoms with Crippen LogP contribution in [0, 0.1) is 0 Å². The first-order valence-electron chi connectivity index (χ1n) is 7.68. The Kier molecular flexibility index (Phi) is 4.36. The Morgan fingerprint density at radius 1 is 1.21 bits per heavy atom. The molecular weight excluding hydrogens is 321 g/mol. The molecule has 0 aliphatic carbocycles. The highest BCUT2D eigenvalue weighted by Gasteiger charge is 2.48. The van der Waals surface area contributed by atoms with Gasteiger partial charge in [0.25, 0.3) is 0 Å². The summed E-state index contributed by atoms with van der Waals surface area (Å²) >= 11 is 0. The molecular formula is C17H17F3N2O2. The van der Waals surface area contributed by atoms with Crippen molar-refractivity contribution in [2.45, 2.75) is 31.2 Å². The van der Waals surface area contributed by atoms with Crippen molar-refractivity contribution in [3.8, 4) is 0 Å². The lowest BCUT2D eigenvalue weighted by atomic mass is 10.1. The van der Waals surface area contributed by atoms with Gasteiger partial charge in [0.15, 0.2) is 6.10 Å². The summed E-state index contributed by atoms with van der Waals surface area (Å²) in [4.78, 5) is 13.5. The van der Waals surface area contributed by atoms with E-state index in [4.69, 9.17) is 0 Å². The van der Waals surface area contributed by atoms with Crippen LogP contribution in [0.4, 0.5) is 23.7 Å². The van der Waals surface area contributed by atoms with Crippen LogP contribution in [0.3, 0.4) is 0 Å². The SMILES string of the molecule is O=C(Nc1cccc2ccccc12)N1CCC[C@@H]1[C@@H](O)C(F)(F)F. The summed E-state index contributed by atoms with van der Waals surface area (Å²) in [6.45, 7) is 0.189. The molecule has 1 heterocycles. The minimum absolute atomic E-state index is 0.129. The Morgan fingerprint density at radius 2 is 1.92 bits per heavy atom. The lowest BCUT2D eigenvalue weighted by Gasteiger charge is -2.30. The number of hydrogen-bond donors (Lipinski definition) is 2. The Bertz CT molecular complexity index is 743. The molecule has 0 saturated carbocycles. The number of alkyl halides is 3. The van der Waals surface area contributed by atoms with Crippen molar-refractivity contribution < 1.29 is 23.1 Å². The molecule has 2 aromatic rings. The molecule has 0 aromatic heterocycles. The highest BCUT2D eigenvalue weighted by Crippen LogP contribution is 2.31. The molecule has 1 aliphatic rings. The molecule has 1 fully saturated rings. The van der Waals surface area contributed by atoms with Gasteiger partial charge in [0.05, 0.1) is 11.7 Å². The van der Waals surface area contributed by atoms with Crippen molar-refractivity contribution >= 4 is 22.5 Å². The summed E-state index contributed by atoms with van der Waals surface area (Å²) in [5.74, 6) is 0. The first kappa shape index (κ1) is 16.6. The summed E-state index contributed by atoms with van der Waals surface area (Å²) in [5.41, 5.74) is 0.533. The number of fused-ring (bicyclic) bond motifs is 1. The van der Waals surface area contributed by atoms with E-state index in [1.165, 1.54) is 0 Å². The number of carbonyl (C=O) groups excluding carboxylic acids is 1. The summed E-state index contributed by atoms with van der Waals surface area (Å²) in [7, 11) is 0. The van der Waals surface area contributed by atoms with Crippen LogP contribution in [0.1, 0.15) is 12.8 Å². The number of benzene rings is 2. The number of nitrogens with one attached hydrogen (secondary N) is 1. The first-order valence-corrected chi connectivity index (χ1v) is 7.68. The highest BCUT2D eigenvalue weighted by molar-refractivity contribution is 6.01. The third-order valence-electron chi connectivity index (χ3n) is 4.29. The van der Waals surface area contributed by atoms with Gasteiger partial charge in [0.2, 0.25) is 0 Å². The Balaban J connectivity index is 1.81. The van der Waals surface area contributed by atoms with Gasteiger partial charge in [-0.1, -0.05) is 36.4 Å². The van der Waals surface area contributed by atoms with Gasteiger partial charge in [-0.3, -0.25) is 0 Å². The number of carbonyl (C=O) groups is 1. The van der Waals surface area contributed by atoms with Gasteiger partial charge in [0.1, 0.15) is 0 Å². The monoisotopic (exact) mass is 338 g/mol. The maximum Gasteiger partial charge on any atom is 0.416 e. The number of urea groups is 1. The Labute approximate surface area is 136 Å². The van der Waals surface area contributed by atoms with Crippen LogP contribution in [0.5, 0.6) is 0 Å². The quantitative estimate of drug-likeness (QED) is 0.876. The van der Waals surface area contributed by atoms with Gasteiger partial charge in [-0.2, -0.15) is 13.2 Å². The van der Waals surface area contributed by atoms with Crippen molar-refractivity contribution in [2.75, 3.05) is 11.9 Å². The molecule has 0 radical (unpaired) electrons. The molecule has 2 atom stereocenters. The van der Waals surface area contributed by atoms with Gasteiger partial charge in [0, 0.05) is 11.9 Å². The zero-order chi connectivity index (χ0) is 17.3.